The second-order valence-electron chi connectivity index (χ2n) is 17.9. The van der Waals surface area contributed by atoms with Crippen LogP contribution in [0.15, 0.2) is 277 Å². The van der Waals surface area contributed by atoms with Crippen LogP contribution >= 0.6 is 0 Å². The third kappa shape index (κ3) is 6.56. The highest BCUT2D eigenvalue weighted by molar-refractivity contribution is 6.14. The van der Waals surface area contributed by atoms with Crippen molar-refractivity contribution >= 4 is 39.0 Å². The topological polar surface area (TPSA) is 16.4 Å². The van der Waals surface area contributed by atoms with Crippen molar-refractivity contribution in [3.8, 4) is 55.6 Å². The predicted octanol–water partition coefficient (Wildman–Crippen LogP) is 18.1. The molecule has 11 aromatic carbocycles. The summed E-state index contributed by atoms with van der Waals surface area (Å²) >= 11 is 0. The third-order valence-corrected chi connectivity index (χ3v) is 14.2. The van der Waals surface area contributed by atoms with E-state index in [4.69, 9.17) is 4.42 Å². The number of fused-ring (bicyclic) bond motifs is 6. The molecule has 0 saturated heterocycles. The Balaban J connectivity index is 1.03. The summed E-state index contributed by atoms with van der Waals surface area (Å²) in [6.45, 7) is 0. The lowest BCUT2D eigenvalue weighted by atomic mass is 9.67. The summed E-state index contributed by atoms with van der Waals surface area (Å²) in [5.41, 5.74) is 21.3. The van der Waals surface area contributed by atoms with Crippen LogP contribution in [-0.4, -0.2) is 0 Å². The van der Waals surface area contributed by atoms with Gasteiger partial charge in [-0.25, -0.2) is 0 Å². The van der Waals surface area contributed by atoms with Gasteiger partial charge in [0.05, 0.1) is 16.8 Å². The highest BCUT2D eigenvalue weighted by atomic mass is 16.3. The molecule has 0 amide bonds. The van der Waals surface area contributed by atoms with Crippen LogP contribution in [-0.2, 0) is 5.41 Å². The van der Waals surface area contributed by atoms with E-state index < -0.39 is 5.41 Å². The average molecular weight is 880 g/mol. The molecule has 324 valence electrons. The molecule has 12 aromatic rings. The number of hydrogen-bond donors (Lipinski definition) is 0. The molecule has 1 heterocycles. The molecule has 2 heteroatoms. The zero-order valence-corrected chi connectivity index (χ0v) is 37.8. The molecule has 0 bridgehead atoms. The van der Waals surface area contributed by atoms with Crippen LogP contribution in [0.5, 0.6) is 0 Å². The first kappa shape index (κ1) is 40.3. The maximum absolute atomic E-state index is 6.49. The summed E-state index contributed by atoms with van der Waals surface area (Å²) in [6.07, 6.45) is 0. The summed E-state index contributed by atoms with van der Waals surface area (Å²) < 4.78 is 6.49. The summed E-state index contributed by atoms with van der Waals surface area (Å²) in [7, 11) is 0. The Labute approximate surface area is 402 Å². The van der Waals surface area contributed by atoms with Crippen molar-refractivity contribution in [2.75, 3.05) is 4.90 Å². The van der Waals surface area contributed by atoms with E-state index in [-0.39, 0.29) is 0 Å². The van der Waals surface area contributed by atoms with E-state index in [1.54, 1.807) is 0 Å². The monoisotopic (exact) mass is 879 g/mol. The molecule has 1 aliphatic carbocycles. The van der Waals surface area contributed by atoms with Gasteiger partial charge in [-0.2, -0.15) is 0 Å². The normalized spacial score (nSPS) is 12.5. The molecule has 69 heavy (non-hydrogen) atoms. The maximum atomic E-state index is 6.49. The van der Waals surface area contributed by atoms with Crippen LogP contribution in [0.25, 0.3) is 77.6 Å². The van der Waals surface area contributed by atoms with Gasteiger partial charge in [0.1, 0.15) is 11.2 Å². The zero-order valence-electron chi connectivity index (χ0n) is 37.8. The third-order valence-electron chi connectivity index (χ3n) is 14.2. The van der Waals surface area contributed by atoms with Crippen LogP contribution in [0.2, 0.25) is 0 Å². The van der Waals surface area contributed by atoms with Crippen molar-refractivity contribution in [2.45, 2.75) is 5.41 Å². The Morgan fingerprint density at radius 2 is 0.725 bits per heavy atom. The van der Waals surface area contributed by atoms with Gasteiger partial charge in [0, 0.05) is 27.6 Å². The lowest BCUT2D eigenvalue weighted by Gasteiger charge is -2.34. The van der Waals surface area contributed by atoms with Gasteiger partial charge < -0.3 is 9.32 Å². The van der Waals surface area contributed by atoms with E-state index in [1.807, 2.05) is 6.07 Å². The Morgan fingerprint density at radius 3 is 1.38 bits per heavy atom. The molecule has 0 spiro atoms. The van der Waals surface area contributed by atoms with Crippen LogP contribution in [0, 0.1) is 0 Å². The lowest BCUT2D eigenvalue weighted by Crippen LogP contribution is -2.28. The number of anilines is 3. The highest BCUT2D eigenvalue weighted by Crippen LogP contribution is 2.59. The lowest BCUT2D eigenvalue weighted by molar-refractivity contribution is 0.669. The number of para-hydroxylation sites is 3. The number of hydrogen-bond acceptors (Lipinski definition) is 2. The van der Waals surface area contributed by atoms with Gasteiger partial charge in [-0.1, -0.05) is 237 Å². The van der Waals surface area contributed by atoms with Gasteiger partial charge in [-0.3, -0.25) is 0 Å². The summed E-state index contributed by atoms with van der Waals surface area (Å²) in [6, 6.07) is 99.3. The van der Waals surface area contributed by atoms with Crippen LogP contribution < -0.4 is 4.90 Å². The Kier molecular flexibility index (Phi) is 9.77. The summed E-state index contributed by atoms with van der Waals surface area (Å²) in [5, 5.41) is 2.21. The van der Waals surface area contributed by atoms with E-state index in [0.29, 0.717) is 0 Å². The first-order valence-electron chi connectivity index (χ1n) is 23.8. The van der Waals surface area contributed by atoms with Crippen molar-refractivity contribution < 1.29 is 4.42 Å². The molecular formula is C67H45NO. The van der Waals surface area contributed by atoms with Gasteiger partial charge in [-0.05, 0) is 103 Å². The maximum Gasteiger partial charge on any atom is 0.136 e. The molecule has 1 aromatic heterocycles. The Morgan fingerprint density at radius 1 is 0.290 bits per heavy atom. The minimum atomic E-state index is -0.521. The highest BCUT2D eigenvalue weighted by Gasteiger charge is 2.47. The minimum absolute atomic E-state index is 0.521. The van der Waals surface area contributed by atoms with Crippen molar-refractivity contribution in [2.24, 2.45) is 0 Å². The molecule has 0 aliphatic heterocycles. The van der Waals surface area contributed by atoms with Gasteiger partial charge >= 0.3 is 0 Å². The van der Waals surface area contributed by atoms with Crippen molar-refractivity contribution in [1.29, 1.82) is 0 Å². The van der Waals surface area contributed by atoms with Gasteiger partial charge in [0.15, 0.2) is 0 Å². The second kappa shape index (κ2) is 16.7. The van der Waals surface area contributed by atoms with Crippen LogP contribution in [0.1, 0.15) is 22.3 Å². The van der Waals surface area contributed by atoms with E-state index in [0.717, 1.165) is 61.3 Å². The fraction of sp³-hybridized carbons (Fsp3) is 0.0149. The number of nitrogens with zero attached hydrogens (tertiary/aromatic N) is 1. The Bertz CT molecular complexity index is 3780. The fourth-order valence-corrected chi connectivity index (χ4v) is 11.2. The molecule has 2 nitrogen and oxygen atoms in total. The van der Waals surface area contributed by atoms with E-state index >= 15 is 0 Å². The van der Waals surface area contributed by atoms with Crippen LogP contribution in [0.4, 0.5) is 17.1 Å². The van der Waals surface area contributed by atoms with Gasteiger partial charge in [0.2, 0.25) is 0 Å². The quantitative estimate of drug-likeness (QED) is 0.144. The summed E-state index contributed by atoms with van der Waals surface area (Å²) in [5.74, 6) is 0. The smallest absolute Gasteiger partial charge is 0.136 e. The Hall–Kier alpha value is -8.98. The number of rotatable bonds is 9. The van der Waals surface area contributed by atoms with Gasteiger partial charge in [-0.15, -0.1) is 0 Å². The molecule has 0 N–H and O–H groups in total. The molecule has 13 rings (SSSR count). The largest absolute Gasteiger partial charge is 0.456 e. The predicted molar refractivity (Wildman–Crippen MR) is 287 cm³/mol. The zero-order chi connectivity index (χ0) is 45.7. The fourth-order valence-electron chi connectivity index (χ4n) is 11.2. The van der Waals surface area contributed by atoms with Crippen LogP contribution in [0.3, 0.4) is 0 Å². The van der Waals surface area contributed by atoms with E-state index in [9.17, 15) is 0 Å². The molecule has 1 aliphatic rings. The SMILES string of the molecule is c1ccc(-c2ccc(-c3ccc(N(c4ccccc4-c4cccc5c4-c4ccccc4C5(c4ccccc4)c4ccccc4)c4ccccc4-c4cccc5oc6ccccc6c45)cc3)cc2)cc1. The first-order chi connectivity index (χ1) is 34.3. The molecule has 0 fully saturated rings. The summed E-state index contributed by atoms with van der Waals surface area (Å²) in [4.78, 5) is 2.47. The molecule has 0 unspecified atom stereocenters. The molecule has 0 radical (unpaired) electrons. The van der Waals surface area contributed by atoms with E-state index in [1.165, 1.54) is 55.6 Å². The number of benzene rings is 11. The standard InChI is InChI=1S/C67H45NO/c1-4-20-46(21-5-1)47-38-40-48(41-39-47)49-42-44-52(45-43-49)68(62-35-16-12-27-54(62)56-31-19-37-64-66(56)58-29-13-17-36-63(58)69-64)61-34-15-11-26-53(61)55-30-18-33-60-65(55)57-28-10-14-32-59(57)67(60,50-22-6-2-7-23-50)51-24-8-3-9-25-51/h1-45H. The number of furan rings is 1. The average Bonchev–Trinajstić information content (AvgIpc) is 3.97. The van der Waals surface area contributed by atoms with Crippen molar-refractivity contribution in [1.82, 2.24) is 0 Å². The molecule has 0 atom stereocenters. The first-order valence-corrected chi connectivity index (χ1v) is 23.8. The molecular weight excluding hydrogens is 835 g/mol. The minimum Gasteiger partial charge on any atom is -0.456 e. The van der Waals surface area contributed by atoms with Gasteiger partial charge in [0.25, 0.3) is 0 Å². The molecule has 0 saturated carbocycles. The van der Waals surface area contributed by atoms with Crippen molar-refractivity contribution in [3.05, 3.63) is 295 Å². The van der Waals surface area contributed by atoms with Crippen molar-refractivity contribution in [3.63, 3.8) is 0 Å². The van der Waals surface area contributed by atoms with E-state index in [2.05, 4.69) is 272 Å². The second-order valence-corrected chi connectivity index (χ2v) is 17.9.